The van der Waals surface area contributed by atoms with Gasteiger partial charge in [-0.25, -0.2) is 8.78 Å². The van der Waals surface area contributed by atoms with Crippen molar-refractivity contribution in [2.24, 2.45) is 5.92 Å². The highest BCUT2D eigenvalue weighted by atomic mass is 19.3. The summed E-state index contributed by atoms with van der Waals surface area (Å²) in [5, 5.41) is 0. The van der Waals surface area contributed by atoms with E-state index in [1.54, 1.807) is 6.92 Å². The molecule has 0 bridgehead atoms. The number of halogens is 2. The fraction of sp³-hybridized carbons (Fsp3) is 0.462. The Morgan fingerprint density at radius 1 is 1.29 bits per heavy atom. The lowest BCUT2D eigenvalue weighted by Crippen LogP contribution is -2.63. The zero-order valence-corrected chi connectivity index (χ0v) is 9.64. The van der Waals surface area contributed by atoms with Gasteiger partial charge < -0.3 is 4.90 Å². The largest absolute Gasteiger partial charge is 0.329 e. The first kappa shape index (κ1) is 12.0. The van der Waals surface area contributed by atoms with Crippen LogP contribution in [-0.2, 0) is 11.3 Å². The summed E-state index contributed by atoms with van der Waals surface area (Å²) in [7, 11) is 0. The maximum Gasteiger partial charge on any atom is 0.259 e. The lowest BCUT2D eigenvalue weighted by Gasteiger charge is -2.46. The van der Waals surface area contributed by atoms with Gasteiger partial charge in [-0.3, -0.25) is 4.79 Å². The molecular weight excluding hydrogens is 224 g/mol. The molecule has 0 aliphatic carbocycles. The smallest absolute Gasteiger partial charge is 0.259 e. The van der Waals surface area contributed by atoms with Gasteiger partial charge in [0.05, 0.1) is 5.92 Å². The highest BCUT2D eigenvalue weighted by molar-refractivity contribution is 5.86. The number of hydrogen-bond donors (Lipinski definition) is 0. The molecule has 1 aromatic rings. The maximum absolute atomic E-state index is 12.8. The van der Waals surface area contributed by atoms with Crippen LogP contribution >= 0.6 is 0 Å². The second kappa shape index (κ2) is 4.82. The van der Waals surface area contributed by atoms with E-state index in [4.69, 9.17) is 0 Å². The lowest BCUT2D eigenvalue weighted by atomic mass is 9.85. The first-order valence-electron chi connectivity index (χ1n) is 5.77. The van der Waals surface area contributed by atoms with Crippen LogP contribution in [0, 0.1) is 5.92 Å². The molecule has 1 saturated heterocycles. The van der Waals surface area contributed by atoms with E-state index in [0.717, 1.165) is 5.56 Å². The normalized spacial score (nSPS) is 24.0. The number of alkyl halides is 2. The first-order valence-corrected chi connectivity index (χ1v) is 5.77. The highest BCUT2D eigenvalue weighted by Crippen LogP contribution is 2.34. The quantitative estimate of drug-likeness (QED) is 0.740. The van der Waals surface area contributed by atoms with Crippen molar-refractivity contribution in [1.29, 1.82) is 0 Å². The molecule has 2 rings (SSSR count). The topological polar surface area (TPSA) is 20.3 Å². The third kappa shape index (κ3) is 2.16. The zero-order valence-electron chi connectivity index (χ0n) is 9.64. The zero-order chi connectivity index (χ0) is 12.4. The van der Waals surface area contributed by atoms with Crippen molar-refractivity contribution in [2.45, 2.75) is 32.4 Å². The van der Waals surface area contributed by atoms with Gasteiger partial charge in [0.15, 0.2) is 0 Å². The van der Waals surface area contributed by atoms with Crippen LogP contribution in [0.5, 0.6) is 0 Å². The molecule has 1 amide bonds. The SMILES string of the molecule is CCC1C(=O)N(Cc2ccccc2)C1C(F)F. The fourth-order valence-electron chi connectivity index (χ4n) is 2.33. The molecule has 1 aliphatic rings. The van der Waals surface area contributed by atoms with E-state index >= 15 is 0 Å². The molecule has 1 fully saturated rings. The van der Waals surface area contributed by atoms with Gasteiger partial charge in [0.25, 0.3) is 6.43 Å². The highest BCUT2D eigenvalue weighted by Gasteiger charge is 2.50. The van der Waals surface area contributed by atoms with Crippen molar-refractivity contribution < 1.29 is 13.6 Å². The number of β-lactam (4-membered cyclic amide) rings is 1. The predicted molar refractivity (Wildman–Crippen MR) is 60.6 cm³/mol. The molecule has 17 heavy (non-hydrogen) atoms. The standard InChI is InChI=1S/C13H15F2NO/c1-2-10-11(12(14)15)16(13(10)17)8-9-6-4-3-5-7-9/h3-7,10-12H,2,8H2,1H3. The Morgan fingerprint density at radius 3 is 2.47 bits per heavy atom. The van der Waals surface area contributed by atoms with Crippen LogP contribution in [0.15, 0.2) is 30.3 Å². The average molecular weight is 239 g/mol. The molecule has 4 heteroatoms. The Balaban J connectivity index is 2.08. The van der Waals surface area contributed by atoms with Crippen LogP contribution in [0.3, 0.4) is 0 Å². The molecule has 0 spiro atoms. The van der Waals surface area contributed by atoms with E-state index in [2.05, 4.69) is 0 Å². The van der Waals surface area contributed by atoms with Crippen LogP contribution < -0.4 is 0 Å². The summed E-state index contributed by atoms with van der Waals surface area (Å²) in [4.78, 5) is 13.0. The van der Waals surface area contributed by atoms with Crippen LogP contribution in [0.4, 0.5) is 8.78 Å². The number of carbonyl (C=O) groups is 1. The number of hydrogen-bond acceptors (Lipinski definition) is 1. The van der Waals surface area contributed by atoms with Gasteiger partial charge in [0, 0.05) is 6.54 Å². The molecule has 0 saturated carbocycles. The predicted octanol–water partition coefficient (Wildman–Crippen LogP) is 2.69. The molecular formula is C13H15F2NO. The summed E-state index contributed by atoms with van der Waals surface area (Å²) in [6.07, 6.45) is -1.97. The number of benzene rings is 1. The summed E-state index contributed by atoms with van der Waals surface area (Å²) in [6, 6.07) is 8.32. The second-order valence-corrected chi connectivity index (χ2v) is 4.29. The van der Waals surface area contributed by atoms with Gasteiger partial charge >= 0.3 is 0 Å². The van der Waals surface area contributed by atoms with Crippen molar-refractivity contribution in [3.8, 4) is 0 Å². The van der Waals surface area contributed by atoms with Crippen molar-refractivity contribution in [3.63, 3.8) is 0 Å². The van der Waals surface area contributed by atoms with Crippen LogP contribution in [0.25, 0.3) is 0 Å². The van der Waals surface area contributed by atoms with Gasteiger partial charge in [-0.1, -0.05) is 37.3 Å². The molecule has 2 nitrogen and oxygen atoms in total. The van der Waals surface area contributed by atoms with Gasteiger partial charge in [-0.15, -0.1) is 0 Å². The molecule has 2 unspecified atom stereocenters. The minimum Gasteiger partial charge on any atom is -0.329 e. The third-order valence-corrected chi connectivity index (χ3v) is 3.27. The van der Waals surface area contributed by atoms with Crippen molar-refractivity contribution in [3.05, 3.63) is 35.9 Å². The van der Waals surface area contributed by atoms with Crippen molar-refractivity contribution >= 4 is 5.91 Å². The number of likely N-dealkylation sites (tertiary alicyclic amines) is 1. The van der Waals surface area contributed by atoms with Gasteiger partial charge in [0.2, 0.25) is 5.91 Å². The van der Waals surface area contributed by atoms with Gasteiger partial charge in [-0.05, 0) is 12.0 Å². The van der Waals surface area contributed by atoms with Crippen molar-refractivity contribution in [1.82, 2.24) is 4.90 Å². The Bertz CT molecular complexity index is 394. The number of carbonyl (C=O) groups excluding carboxylic acids is 1. The van der Waals surface area contributed by atoms with E-state index in [1.165, 1.54) is 4.90 Å². The van der Waals surface area contributed by atoms with E-state index in [-0.39, 0.29) is 12.5 Å². The molecule has 1 aromatic carbocycles. The van der Waals surface area contributed by atoms with E-state index in [0.29, 0.717) is 6.42 Å². The second-order valence-electron chi connectivity index (χ2n) is 4.29. The van der Waals surface area contributed by atoms with Crippen LogP contribution in [-0.4, -0.2) is 23.3 Å². The monoisotopic (exact) mass is 239 g/mol. The summed E-state index contributed by atoms with van der Waals surface area (Å²) < 4.78 is 25.7. The molecule has 2 atom stereocenters. The number of amides is 1. The molecule has 1 aliphatic heterocycles. The Labute approximate surface area is 99.2 Å². The lowest BCUT2D eigenvalue weighted by molar-refractivity contribution is -0.169. The van der Waals surface area contributed by atoms with Crippen LogP contribution in [0.1, 0.15) is 18.9 Å². The summed E-state index contributed by atoms with van der Waals surface area (Å²) in [6.45, 7) is 2.06. The summed E-state index contributed by atoms with van der Waals surface area (Å²) in [5.41, 5.74) is 0.890. The molecule has 0 aromatic heterocycles. The minimum atomic E-state index is -2.46. The van der Waals surface area contributed by atoms with Crippen LogP contribution in [0.2, 0.25) is 0 Å². The fourth-order valence-corrected chi connectivity index (χ4v) is 2.33. The summed E-state index contributed by atoms with van der Waals surface area (Å²) >= 11 is 0. The van der Waals surface area contributed by atoms with Gasteiger partial charge in [-0.2, -0.15) is 0 Å². The number of rotatable bonds is 4. The molecule has 0 N–H and O–H groups in total. The van der Waals surface area contributed by atoms with Gasteiger partial charge in [0.1, 0.15) is 6.04 Å². The Hall–Kier alpha value is -1.45. The molecule has 92 valence electrons. The Kier molecular flexibility index (Phi) is 3.41. The maximum atomic E-state index is 12.8. The van der Waals surface area contributed by atoms with E-state index in [1.807, 2.05) is 30.3 Å². The molecule has 0 radical (unpaired) electrons. The average Bonchev–Trinajstić information content (AvgIpc) is 2.33. The number of nitrogens with zero attached hydrogens (tertiary/aromatic N) is 1. The third-order valence-electron chi connectivity index (χ3n) is 3.27. The Morgan fingerprint density at radius 2 is 1.94 bits per heavy atom. The van der Waals surface area contributed by atoms with E-state index in [9.17, 15) is 13.6 Å². The molecule has 1 heterocycles. The van der Waals surface area contributed by atoms with Crippen molar-refractivity contribution in [2.75, 3.05) is 0 Å². The summed E-state index contributed by atoms with van der Waals surface area (Å²) in [5.74, 6) is -0.652. The minimum absolute atomic E-state index is 0.151. The first-order chi connectivity index (χ1) is 8.15. The van der Waals surface area contributed by atoms with E-state index < -0.39 is 18.4 Å².